The van der Waals surface area contributed by atoms with Gasteiger partial charge in [0.25, 0.3) is 0 Å². The Labute approximate surface area is 155 Å². The summed E-state index contributed by atoms with van der Waals surface area (Å²) in [5, 5.41) is 9.23. The number of carbonyl (C=O) groups excluding carboxylic acids is 1. The van der Waals surface area contributed by atoms with Crippen LogP contribution in [-0.2, 0) is 4.79 Å². The van der Waals surface area contributed by atoms with Crippen molar-refractivity contribution >= 4 is 17.6 Å². The average Bonchev–Trinajstić information content (AvgIpc) is 2.65. The molecule has 1 unspecified atom stereocenters. The molecule has 0 saturated carbocycles. The summed E-state index contributed by atoms with van der Waals surface area (Å²) in [5.41, 5.74) is 3.19. The number of anilines is 1. The maximum Gasteiger partial charge on any atom is 0.246 e. The van der Waals surface area contributed by atoms with Gasteiger partial charge in [-0.1, -0.05) is 36.8 Å². The van der Waals surface area contributed by atoms with Crippen molar-refractivity contribution in [2.24, 2.45) is 4.99 Å². The van der Waals surface area contributed by atoms with E-state index in [4.69, 9.17) is 0 Å². The van der Waals surface area contributed by atoms with Crippen molar-refractivity contribution in [1.82, 2.24) is 15.6 Å². The Morgan fingerprint density at radius 1 is 1.19 bits per heavy atom. The monoisotopic (exact) mass is 353 g/mol. The first-order valence-corrected chi connectivity index (χ1v) is 8.87. The van der Waals surface area contributed by atoms with E-state index in [2.05, 4.69) is 64.0 Å². The molecule has 1 aromatic carbocycles. The van der Waals surface area contributed by atoms with Crippen LogP contribution < -0.4 is 16.0 Å². The molecule has 6 heteroatoms. The number of amides is 1. The Morgan fingerprint density at radius 2 is 1.96 bits per heavy atom. The van der Waals surface area contributed by atoms with Crippen LogP contribution in [0.2, 0.25) is 0 Å². The molecule has 0 radical (unpaired) electrons. The van der Waals surface area contributed by atoms with Gasteiger partial charge in [-0.25, -0.2) is 4.99 Å². The fourth-order valence-corrected chi connectivity index (χ4v) is 2.39. The SMILES string of the molecule is CCNC(=NCC(=O)Nc1cccnc1)NCC(C)c1ccc(C)cc1. The average molecular weight is 353 g/mol. The third-order valence-electron chi connectivity index (χ3n) is 3.89. The Kier molecular flexibility index (Phi) is 7.61. The second-order valence-corrected chi connectivity index (χ2v) is 6.18. The third kappa shape index (κ3) is 6.55. The van der Waals surface area contributed by atoms with Gasteiger partial charge in [0.15, 0.2) is 5.96 Å². The van der Waals surface area contributed by atoms with Crippen LogP contribution in [-0.4, -0.2) is 36.5 Å². The predicted molar refractivity (Wildman–Crippen MR) is 106 cm³/mol. The first-order valence-electron chi connectivity index (χ1n) is 8.87. The van der Waals surface area contributed by atoms with Gasteiger partial charge in [-0.05, 0) is 37.5 Å². The molecule has 0 saturated heterocycles. The number of pyridine rings is 1. The van der Waals surface area contributed by atoms with Gasteiger partial charge in [0.2, 0.25) is 5.91 Å². The van der Waals surface area contributed by atoms with E-state index in [1.807, 2.05) is 6.92 Å². The number of aromatic nitrogens is 1. The molecule has 0 aliphatic carbocycles. The van der Waals surface area contributed by atoms with Gasteiger partial charge < -0.3 is 16.0 Å². The van der Waals surface area contributed by atoms with Crippen molar-refractivity contribution in [2.75, 3.05) is 25.0 Å². The third-order valence-corrected chi connectivity index (χ3v) is 3.89. The van der Waals surface area contributed by atoms with Gasteiger partial charge in [0.05, 0.1) is 11.9 Å². The maximum absolute atomic E-state index is 12.0. The number of benzene rings is 1. The molecule has 6 nitrogen and oxygen atoms in total. The minimum atomic E-state index is -0.179. The van der Waals surface area contributed by atoms with Crippen LogP contribution >= 0.6 is 0 Å². The molecule has 1 heterocycles. The van der Waals surface area contributed by atoms with Crippen molar-refractivity contribution in [1.29, 1.82) is 0 Å². The number of carbonyl (C=O) groups is 1. The number of nitrogens with one attached hydrogen (secondary N) is 3. The molecule has 1 atom stereocenters. The zero-order valence-corrected chi connectivity index (χ0v) is 15.6. The number of hydrogen-bond acceptors (Lipinski definition) is 3. The molecule has 0 aliphatic rings. The van der Waals surface area contributed by atoms with Gasteiger partial charge in [-0.15, -0.1) is 0 Å². The number of guanidine groups is 1. The Hall–Kier alpha value is -2.89. The lowest BCUT2D eigenvalue weighted by molar-refractivity contribution is -0.114. The summed E-state index contributed by atoms with van der Waals surface area (Å²) >= 11 is 0. The summed E-state index contributed by atoms with van der Waals surface area (Å²) < 4.78 is 0. The molecule has 2 rings (SSSR count). The molecule has 138 valence electrons. The van der Waals surface area contributed by atoms with Gasteiger partial charge in [0, 0.05) is 19.3 Å². The van der Waals surface area contributed by atoms with Crippen LogP contribution in [0.4, 0.5) is 5.69 Å². The number of hydrogen-bond donors (Lipinski definition) is 3. The first kappa shape index (κ1) is 19.4. The summed E-state index contributed by atoms with van der Waals surface area (Å²) in [6.07, 6.45) is 3.27. The summed E-state index contributed by atoms with van der Waals surface area (Å²) in [6, 6.07) is 12.1. The minimum absolute atomic E-state index is 0.0448. The Bertz CT molecular complexity index is 713. The molecule has 2 aromatic rings. The predicted octanol–water partition coefficient (Wildman–Crippen LogP) is 2.69. The van der Waals surface area contributed by atoms with Crippen molar-refractivity contribution in [3.8, 4) is 0 Å². The zero-order valence-electron chi connectivity index (χ0n) is 15.6. The molecule has 0 spiro atoms. The van der Waals surface area contributed by atoms with E-state index in [1.165, 1.54) is 11.1 Å². The van der Waals surface area contributed by atoms with E-state index >= 15 is 0 Å². The van der Waals surface area contributed by atoms with Gasteiger partial charge in [0.1, 0.15) is 6.54 Å². The molecule has 26 heavy (non-hydrogen) atoms. The summed E-state index contributed by atoms with van der Waals surface area (Å²) in [7, 11) is 0. The minimum Gasteiger partial charge on any atom is -0.357 e. The molecule has 1 amide bonds. The first-order chi connectivity index (χ1) is 12.6. The van der Waals surface area contributed by atoms with Crippen molar-refractivity contribution in [3.63, 3.8) is 0 Å². The van der Waals surface area contributed by atoms with E-state index in [9.17, 15) is 4.79 Å². The normalized spacial score (nSPS) is 12.3. The standard InChI is InChI=1S/C20H27N5O/c1-4-22-20(23-12-16(3)17-9-7-15(2)8-10-17)24-14-19(26)25-18-6-5-11-21-13-18/h5-11,13,16H,4,12,14H2,1-3H3,(H,25,26)(H2,22,23,24). The number of rotatable bonds is 7. The summed E-state index contributed by atoms with van der Waals surface area (Å²) in [6.45, 7) is 7.75. The second-order valence-electron chi connectivity index (χ2n) is 6.18. The highest BCUT2D eigenvalue weighted by Crippen LogP contribution is 2.14. The Morgan fingerprint density at radius 3 is 2.62 bits per heavy atom. The number of aryl methyl sites for hydroxylation is 1. The molecule has 1 aromatic heterocycles. The maximum atomic E-state index is 12.0. The fourth-order valence-electron chi connectivity index (χ4n) is 2.39. The number of aliphatic imine (C=N–C) groups is 1. The highest BCUT2D eigenvalue weighted by molar-refractivity contribution is 5.93. The molecule has 0 aliphatic heterocycles. The van der Waals surface area contributed by atoms with Crippen LogP contribution in [0.25, 0.3) is 0 Å². The zero-order chi connectivity index (χ0) is 18.8. The van der Waals surface area contributed by atoms with Gasteiger partial charge in [-0.2, -0.15) is 0 Å². The van der Waals surface area contributed by atoms with Crippen molar-refractivity contribution < 1.29 is 4.79 Å². The topological polar surface area (TPSA) is 78.4 Å². The lowest BCUT2D eigenvalue weighted by Gasteiger charge is -2.16. The highest BCUT2D eigenvalue weighted by atomic mass is 16.1. The van der Waals surface area contributed by atoms with Crippen LogP contribution in [0, 0.1) is 6.92 Å². The molecular formula is C20H27N5O. The van der Waals surface area contributed by atoms with Crippen LogP contribution in [0.3, 0.4) is 0 Å². The van der Waals surface area contributed by atoms with E-state index in [0.717, 1.165) is 13.1 Å². The smallest absolute Gasteiger partial charge is 0.246 e. The van der Waals surface area contributed by atoms with E-state index in [0.29, 0.717) is 17.6 Å². The fraction of sp³-hybridized carbons (Fsp3) is 0.350. The highest BCUT2D eigenvalue weighted by Gasteiger charge is 2.07. The largest absolute Gasteiger partial charge is 0.357 e. The van der Waals surface area contributed by atoms with Crippen LogP contribution in [0.5, 0.6) is 0 Å². The Balaban J connectivity index is 1.87. The molecular weight excluding hydrogens is 326 g/mol. The lowest BCUT2D eigenvalue weighted by atomic mass is 10.0. The summed E-state index contributed by atoms with van der Waals surface area (Å²) in [4.78, 5) is 20.3. The van der Waals surface area contributed by atoms with Crippen molar-refractivity contribution in [2.45, 2.75) is 26.7 Å². The van der Waals surface area contributed by atoms with Crippen LogP contribution in [0.1, 0.15) is 30.9 Å². The van der Waals surface area contributed by atoms with Gasteiger partial charge >= 0.3 is 0 Å². The second kappa shape index (κ2) is 10.2. The molecule has 0 bridgehead atoms. The van der Waals surface area contributed by atoms with Crippen LogP contribution in [0.15, 0.2) is 53.8 Å². The van der Waals surface area contributed by atoms with E-state index in [1.54, 1.807) is 24.5 Å². The summed E-state index contributed by atoms with van der Waals surface area (Å²) in [5.74, 6) is 0.790. The molecule has 3 N–H and O–H groups in total. The molecule has 0 fully saturated rings. The van der Waals surface area contributed by atoms with Gasteiger partial charge in [-0.3, -0.25) is 9.78 Å². The van der Waals surface area contributed by atoms with Crippen molar-refractivity contribution in [3.05, 3.63) is 59.9 Å². The lowest BCUT2D eigenvalue weighted by Crippen LogP contribution is -2.39. The quantitative estimate of drug-likeness (QED) is 0.528. The number of nitrogens with zero attached hydrogens (tertiary/aromatic N) is 2. The van der Waals surface area contributed by atoms with E-state index < -0.39 is 0 Å². The van der Waals surface area contributed by atoms with E-state index in [-0.39, 0.29) is 12.5 Å².